The van der Waals surface area contributed by atoms with E-state index < -0.39 is 5.91 Å². The van der Waals surface area contributed by atoms with Crippen LogP contribution in [-0.4, -0.2) is 18.4 Å². The molecular formula is C16H22N4O3. The van der Waals surface area contributed by atoms with Gasteiger partial charge in [0.25, 0.3) is 5.91 Å². The van der Waals surface area contributed by atoms with Crippen molar-refractivity contribution in [1.29, 1.82) is 0 Å². The summed E-state index contributed by atoms with van der Waals surface area (Å²) in [5.74, 6) is 2.44. The number of rotatable bonds is 6. The first-order valence-electron chi connectivity index (χ1n) is 7.49. The Morgan fingerprint density at radius 3 is 2.65 bits per heavy atom. The Hall–Kier alpha value is -2.70. The number of aryl methyl sites for hydroxylation is 1. The van der Waals surface area contributed by atoms with Crippen molar-refractivity contribution in [3.63, 3.8) is 0 Å². The molecule has 7 heteroatoms. The summed E-state index contributed by atoms with van der Waals surface area (Å²) < 4.78 is 10.9. The van der Waals surface area contributed by atoms with Gasteiger partial charge in [0.15, 0.2) is 11.7 Å². The molecule has 2 rings (SSSR count). The predicted octanol–water partition coefficient (Wildman–Crippen LogP) is 2.10. The lowest BCUT2D eigenvalue weighted by molar-refractivity contribution is 0.0972. The average Bonchev–Trinajstić information content (AvgIpc) is 3.14. The first kappa shape index (κ1) is 16.7. The zero-order valence-corrected chi connectivity index (χ0v) is 13.6. The van der Waals surface area contributed by atoms with Crippen LogP contribution in [0.5, 0.6) is 0 Å². The van der Waals surface area contributed by atoms with E-state index in [1.165, 1.54) is 0 Å². The van der Waals surface area contributed by atoms with Crippen molar-refractivity contribution in [3.05, 3.63) is 47.3 Å². The number of carbonyl (C=O) groups excluding carboxylic acids is 1. The smallest absolute Gasteiger partial charge is 0.284 e. The zero-order chi connectivity index (χ0) is 16.8. The number of primary amides is 1. The van der Waals surface area contributed by atoms with E-state index in [2.05, 4.69) is 15.6 Å². The van der Waals surface area contributed by atoms with Crippen molar-refractivity contribution < 1.29 is 13.6 Å². The lowest BCUT2D eigenvalue weighted by atomic mass is 10.2. The van der Waals surface area contributed by atoms with Crippen LogP contribution >= 0.6 is 0 Å². The van der Waals surface area contributed by atoms with Crippen molar-refractivity contribution >= 4 is 11.9 Å². The molecule has 0 aliphatic rings. The van der Waals surface area contributed by atoms with E-state index in [4.69, 9.17) is 14.6 Å². The molecule has 2 heterocycles. The van der Waals surface area contributed by atoms with Crippen molar-refractivity contribution in [1.82, 2.24) is 10.6 Å². The van der Waals surface area contributed by atoms with Crippen LogP contribution < -0.4 is 16.4 Å². The summed E-state index contributed by atoms with van der Waals surface area (Å²) in [6, 6.07) is 7.06. The molecule has 1 amide bonds. The Bertz CT molecular complexity index is 687. The normalized spacial score (nSPS) is 12.9. The molecular weight excluding hydrogens is 296 g/mol. The highest BCUT2D eigenvalue weighted by atomic mass is 16.4. The standard InChI is InChI=1S/C16H22N4O3/c1-4-18-16(20-11(3)13-7-5-10(2)22-13)19-9-12-6-8-14(23-12)15(17)21/h5-8,11H,4,9H2,1-3H3,(H2,17,21)(H2,18,19,20). The Kier molecular flexibility index (Phi) is 5.46. The number of guanidine groups is 1. The van der Waals surface area contributed by atoms with Crippen LogP contribution in [0.4, 0.5) is 0 Å². The van der Waals surface area contributed by atoms with E-state index in [1.807, 2.05) is 32.9 Å². The predicted molar refractivity (Wildman–Crippen MR) is 87.0 cm³/mol. The van der Waals surface area contributed by atoms with Gasteiger partial charge < -0.3 is 25.2 Å². The number of nitrogens with one attached hydrogen (secondary N) is 2. The summed E-state index contributed by atoms with van der Waals surface area (Å²) in [7, 11) is 0. The molecule has 1 atom stereocenters. The second kappa shape index (κ2) is 7.53. The number of hydrogen-bond donors (Lipinski definition) is 3. The van der Waals surface area contributed by atoms with Crippen LogP contribution in [0.1, 0.15) is 47.7 Å². The number of hydrogen-bond acceptors (Lipinski definition) is 4. The second-order valence-electron chi connectivity index (χ2n) is 5.14. The zero-order valence-electron chi connectivity index (χ0n) is 13.6. The van der Waals surface area contributed by atoms with E-state index >= 15 is 0 Å². The maximum Gasteiger partial charge on any atom is 0.284 e. The molecule has 0 spiro atoms. The van der Waals surface area contributed by atoms with Gasteiger partial charge >= 0.3 is 0 Å². The lowest BCUT2D eigenvalue weighted by Gasteiger charge is -2.15. The average molecular weight is 318 g/mol. The molecule has 0 saturated heterocycles. The monoisotopic (exact) mass is 318 g/mol. The number of aliphatic imine (C=N–C) groups is 1. The molecule has 4 N–H and O–H groups in total. The molecule has 0 aliphatic heterocycles. The van der Waals surface area contributed by atoms with Crippen molar-refractivity contribution in [2.45, 2.75) is 33.4 Å². The van der Waals surface area contributed by atoms with Crippen LogP contribution in [0, 0.1) is 6.92 Å². The van der Waals surface area contributed by atoms with E-state index in [0.29, 0.717) is 18.3 Å². The maximum atomic E-state index is 11.0. The minimum atomic E-state index is -0.591. The highest BCUT2D eigenvalue weighted by molar-refractivity contribution is 5.89. The summed E-state index contributed by atoms with van der Waals surface area (Å²) in [6.07, 6.45) is 0. The molecule has 23 heavy (non-hydrogen) atoms. The van der Waals surface area contributed by atoms with Gasteiger partial charge in [-0.05, 0) is 45.0 Å². The Morgan fingerprint density at radius 1 is 1.30 bits per heavy atom. The molecule has 1 unspecified atom stereocenters. The van der Waals surface area contributed by atoms with Gasteiger partial charge in [0.1, 0.15) is 23.8 Å². The molecule has 0 aromatic carbocycles. The molecule has 7 nitrogen and oxygen atoms in total. The third kappa shape index (κ3) is 4.64. The highest BCUT2D eigenvalue weighted by Crippen LogP contribution is 2.15. The number of carbonyl (C=O) groups is 1. The topological polar surface area (TPSA) is 106 Å². The third-order valence-corrected chi connectivity index (χ3v) is 3.18. The van der Waals surface area contributed by atoms with Gasteiger partial charge in [-0.1, -0.05) is 0 Å². The van der Waals surface area contributed by atoms with Crippen LogP contribution in [-0.2, 0) is 6.54 Å². The molecule has 0 aliphatic carbocycles. The van der Waals surface area contributed by atoms with Gasteiger partial charge in [-0.15, -0.1) is 0 Å². The maximum absolute atomic E-state index is 11.0. The summed E-state index contributed by atoms with van der Waals surface area (Å²) in [5, 5.41) is 6.41. The molecule has 2 aromatic rings. The number of amides is 1. The van der Waals surface area contributed by atoms with Gasteiger partial charge in [0, 0.05) is 6.54 Å². The number of nitrogens with zero attached hydrogens (tertiary/aromatic N) is 1. The molecule has 0 radical (unpaired) electrons. The van der Waals surface area contributed by atoms with Crippen LogP contribution in [0.25, 0.3) is 0 Å². The SMILES string of the molecule is CCNC(=NCc1ccc(C(N)=O)o1)NC(C)c1ccc(C)o1. The van der Waals surface area contributed by atoms with Crippen LogP contribution in [0.15, 0.2) is 38.1 Å². The highest BCUT2D eigenvalue weighted by Gasteiger charge is 2.12. The lowest BCUT2D eigenvalue weighted by Crippen LogP contribution is -2.38. The minimum absolute atomic E-state index is 0.0284. The van der Waals surface area contributed by atoms with Gasteiger partial charge in [-0.2, -0.15) is 0 Å². The Morgan fingerprint density at radius 2 is 2.09 bits per heavy atom. The van der Waals surface area contributed by atoms with E-state index in [-0.39, 0.29) is 11.8 Å². The first-order chi connectivity index (χ1) is 11.0. The summed E-state index contributed by atoms with van der Waals surface area (Å²) in [4.78, 5) is 15.5. The fourth-order valence-electron chi connectivity index (χ4n) is 2.03. The molecule has 124 valence electrons. The van der Waals surface area contributed by atoms with E-state index in [9.17, 15) is 4.79 Å². The number of furan rings is 2. The third-order valence-electron chi connectivity index (χ3n) is 3.18. The Balaban J connectivity index is 2.02. The first-order valence-corrected chi connectivity index (χ1v) is 7.49. The molecule has 0 fully saturated rings. The fourth-order valence-corrected chi connectivity index (χ4v) is 2.03. The minimum Gasteiger partial charge on any atom is -0.464 e. The van der Waals surface area contributed by atoms with Gasteiger partial charge in [-0.3, -0.25) is 4.79 Å². The largest absolute Gasteiger partial charge is 0.464 e. The van der Waals surface area contributed by atoms with Gasteiger partial charge in [0.05, 0.1) is 6.04 Å². The van der Waals surface area contributed by atoms with Crippen molar-refractivity contribution in [2.75, 3.05) is 6.54 Å². The van der Waals surface area contributed by atoms with Crippen molar-refractivity contribution in [2.24, 2.45) is 10.7 Å². The van der Waals surface area contributed by atoms with Crippen LogP contribution in [0.2, 0.25) is 0 Å². The molecule has 0 saturated carbocycles. The van der Waals surface area contributed by atoms with Crippen LogP contribution in [0.3, 0.4) is 0 Å². The van der Waals surface area contributed by atoms with Gasteiger partial charge in [-0.25, -0.2) is 4.99 Å². The quantitative estimate of drug-likeness (QED) is 0.558. The fraction of sp³-hybridized carbons (Fsp3) is 0.375. The van der Waals surface area contributed by atoms with E-state index in [0.717, 1.165) is 18.1 Å². The van der Waals surface area contributed by atoms with Crippen molar-refractivity contribution in [3.8, 4) is 0 Å². The molecule has 2 aromatic heterocycles. The summed E-state index contributed by atoms with van der Waals surface area (Å²) in [6.45, 7) is 6.90. The van der Waals surface area contributed by atoms with Gasteiger partial charge in [0.2, 0.25) is 0 Å². The second-order valence-corrected chi connectivity index (χ2v) is 5.14. The number of nitrogens with two attached hydrogens (primary N) is 1. The molecule has 0 bridgehead atoms. The Labute approximate surface area is 134 Å². The summed E-state index contributed by atoms with van der Waals surface area (Å²) in [5.41, 5.74) is 5.16. The summed E-state index contributed by atoms with van der Waals surface area (Å²) >= 11 is 0. The van der Waals surface area contributed by atoms with E-state index in [1.54, 1.807) is 12.1 Å².